The van der Waals surface area contributed by atoms with Crippen LogP contribution in [0, 0.1) is 0 Å². The first-order valence-electron chi connectivity index (χ1n) is 5.71. The van der Waals surface area contributed by atoms with E-state index in [1.165, 1.54) is 22.0 Å². The summed E-state index contributed by atoms with van der Waals surface area (Å²) in [5.41, 5.74) is 5.44. The van der Waals surface area contributed by atoms with Gasteiger partial charge in [-0.15, -0.1) is 0 Å². The van der Waals surface area contributed by atoms with Crippen LogP contribution in [0.4, 0.5) is 0 Å². The summed E-state index contributed by atoms with van der Waals surface area (Å²) < 4.78 is 27.4. The molecule has 3 N–H and O–H groups in total. The lowest BCUT2D eigenvalue weighted by Gasteiger charge is -2.23. The molecule has 1 aromatic rings. The Balaban J connectivity index is 2.64. The molecule has 1 atom stereocenters. The van der Waals surface area contributed by atoms with Gasteiger partial charge in [-0.3, -0.25) is 4.79 Å². The molecule has 0 saturated heterocycles. The van der Waals surface area contributed by atoms with Crippen molar-refractivity contribution < 1.29 is 13.2 Å². The summed E-state index contributed by atoms with van der Waals surface area (Å²) in [6.45, 7) is 1.78. The molecule has 1 heterocycles. The number of likely N-dealkylation sites (N-methyl/N-ethyl adjacent to an activating group) is 1. The molecule has 0 aliphatic rings. The van der Waals surface area contributed by atoms with Gasteiger partial charge in [-0.2, -0.15) is 0 Å². The van der Waals surface area contributed by atoms with Crippen LogP contribution in [0.25, 0.3) is 0 Å². The van der Waals surface area contributed by atoms with Crippen LogP contribution >= 0.6 is 0 Å². The monoisotopic (exact) mass is 289 g/mol. The van der Waals surface area contributed by atoms with E-state index in [4.69, 9.17) is 5.73 Å². The third-order valence-corrected chi connectivity index (χ3v) is 4.05. The summed E-state index contributed by atoms with van der Waals surface area (Å²) in [6.07, 6.45) is 2.73. The minimum absolute atomic E-state index is 0.114. The minimum atomic E-state index is -3.76. The van der Waals surface area contributed by atoms with Gasteiger partial charge in [0.2, 0.25) is 5.91 Å². The number of nitrogens with zero attached hydrogens (tertiary/aromatic N) is 3. The number of aryl methyl sites for hydroxylation is 1. The Morgan fingerprint density at radius 1 is 1.63 bits per heavy atom. The highest BCUT2D eigenvalue weighted by Gasteiger charge is 2.20. The fourth-order valence-corrected chi connectivity index (χ4v) is 2.24. The zero-order chi connectivity index (χ0) is 14.6. The Kier molecular flexibility index (Phi) is 5.04. The van der Waals surface area contributed by atoms with E-state index in [0.717, 1.165) is 0 Å². The van der Waals surface area contributed by atoms with Crippen LogP contribution in [0.3, 0.4) is 0 Å². The van der Waals surface area contributed by atoms with E-state index in [-0.39, 0.29) is 23.5 Å². The molecule has 0 bridgehead atoms. The second-order valence-electron chi connectivity index (χ2n) is 4.29. The van der Waals surface area contributed by atoms with Crippen molar-refractivity contribution in [2.24, 2.45) is 12.8 Å². The highest BCUT2D eigenvalue weighted by Crippen LogP contribution is 2.03. The van der Waals surface area contributed by atoms with Gasteiger partial charge in [0.1, 0.15) is 0 Å². The zero-order valence-corrected chi connectivity index (χ0v) is 12.0. The number of carbonyl (C=O) groups excluding carboxylic acids is 1. The fraction of sp³-hybridized carbons (Fsp3) is 0.600. The first-order valence-corrected chi connectivity index (χ1v) is 7.19. The fourth-order valence-electron chi connectivity index (χ4n) is 1.29. The standard InChI is InChI=1S/C10H19N5O3S/c1-8(4-11)15(3)10(16)5-13-19(17,18)9-6-14(2)7-12-9/h6-8,13H,4-5,11H2,1-3H3. The second-order valence-corrected chi connectivity index (χ2v) is 6.01. The number of carbonyl (C=O) groups is 1. The quantitative estimate of drug-likeness (QED) is 0.662. The van der Waals surface area contributed by atoms with E-state index >= 15 is 0 Å². The van der Waals surface area contributed by atoms with Crippen LogP contribution in [0.15, 0.2) is 17.6 Å². The largest absolute Gasteiger partial charge is 0.341 e. The van der Waals surface area contributed by atoms with Crippen LogP contribution in [0.1, 0.15) is 6.92 Å². The van der Waals surface area contributed by atoms with Gasteiger partial charge < -0.3 is 15.2 Å². The van der Waals surface area contributed by atoms with E-state index in [2.05, 4.69) is 9.71 Å². The van der Waals surface area contributed by atoms with Gasteiger partial charge in [0, 0.05) is 32.9 Å². The smallest absolute Gasteiger partial charge is 0.260 e. The summed E-state index contributed by atoms with van der Waals surface area (Å²) in [7, 11) is -0.522. The topological polar surface area (TPSA) is 110 Å². The van der Waals surface area contributed by atoms with Gasteiger partial charge in [-0.1, -0.05) is 0 Å². The average Bonchev–Trinajstić information content (AvgIpc) is 2.81. The lowest BCUT2D eigenvalue weighted by atomic mass is 10.3. The van der Waals surface area contributed by atoms with Gasteiger partial charge in [0.15, 0.2) is 5.03 Å². The van der Waals surface area contributed by atoms with E-state index < -0.39 is 10.0 Å². The number of imidazole rings is 1. The Hall–Kier alpha value is -1.45. The molecule has 0 spiro atoms. The summed E-state index contributed by atoms with van der Waals surface area (Å²) in [5.74, 6) is -0.350. The third-order valence-electron chi connectivity index (χ3n) is 2.77. The van der Waals surface area contributed by atoms with E-state index in [1.807, 2.05) is 0 Å². The summed E-state index contributed by atoms with van der Waals surface area (Å²) in [6, 6.07) is -0.146. The van der Waals surface area contributed by atoms with Crippen molar-refractivity contribution in [3.8, 4) is 0 Å². The van der Waals surface area contributed by atoms with Crippen molar-refractivity contribution >= 4 is 15.9 Å². The number of amides is 1. The molecular formula is C10H19N5O3S. The van der Waals surface area contributed by atoms with Gasteiger partial charge in [0.05, 0.1) is 12.9 Å². The van der Waals surface area contributed by atoms with Crippen molar-refractivity contribution in [1.82, 2.24) is 19.2 Å². The Labute approximate surface area is 112 Å². The molecule has 0 aliphatic carbocycles. The number of sulfonamides is 1. The molecule has 19 heavy (non-hydrogen) atoms. The highest BCUT2D eigenvalue weighted by molar-refractivity contribution is 7.89. The van der Waals surface area contributed by atoms with E-state index in [9.17, 15) is 13.2 Å². The van der Waals surface area contributed by atoms with Crippen molar-refractivity contribution in [3.05, 3.63) is 12.5 Å². The normalized spacial score (nSPS) is 13.3. The Morgan fingerprint density at radius 2 is 2.26 bits per heavy atom. The van der Waals surface area contributed by atoms with Crippen molar-refractivity contribution in [3.63, 3.8) is 0 Å². The molecular weight excluding hydrogens is 270 g/mol. The molecule has 1 rings (SSSR count). The predicted octanol–water partition coefficient (Wildman–Crippen LogP) is -1.50. The molecule has 0 aromatic carbocycles. The van der Waals surface area contributed by atoms with Crippen LogP contribution in [0.5, 0.6) is 0 Å². The summed E-state index contributed by atoms with van der Waals surface area (Å²) >= 11 is 0. The minimum Gasteiger partial charge on any atom is -0.341 e. The first kappa shape index (κ1) is 15.6. The molecule has 0 saturated carbocycles. The molecule has 1 unspecified atom stereocenters. The number of hydrogen-bond acceptors (Lipinski definition) is 5. The number of aromatic nitrogens is 2. The maximum absolute atomic E-state index is 11.8. The van der Waals surface area contributed by atoms with Gasteiger partial charge in [-0.05, 0) is 6.92 Å². The van der Waals surface area contributed by atoms with E-state index in [0.29, 0.717) is 6.54 Å². The van der Waals surface area contributed by atoms with Crippen LogP contribution in [-0.4, -0.2) is 55.0 Å². The first-order chi connectivity index (χ1) is 8.77. The molecule has 108 valence electrons. The van der Waals surface area contributed by atoms with Crippen LogP contribution in [0.2, 0.25) is 0 Å². The number of hydrogen-bond donors (Lipinski definition) is 2. The van der Waals surface area contributed by atoms with Gasteiger partial charge >= 0.3 is 0 Å². The number of nitrogens with one attached hydrogen (secondary N) is 1. The zero-order valence-electron chi connectivity index (χ0n) is 11.2. The molecule has 0 fully saturated rings. The highest BCUT2D eigenvalue weighted by atomic mass is 32.2. The van der Waals surface area contributed by atoms with Crippen molar-refractivity contribution in [2.45, 2.75) is 18.0 Å². The molecule has 9 heteroatoms. The lowest BCUT2D eigenvalue weighted by Crippen LogP contribution is -2.44. The van der Waals surface area contributed by atoms with Gasteiger partial charge in [0.25, 0.3) is 10.0 Å². The Morgan fingerprint density at radius 3 is 2.74 bits per heavy atom. The summed E-state index contributed by atoms with van der Waals surface area (Å²) in [5, 5.41) is -0.114. The number of rotatable bonds is 6. The predicted molar refractivity (Wildman–Crippen MR) is 69.7 cm³/mol. The second kappa shape index (κ2) is 6.13. The average molecular weight is 289 g/mol. The molecule has 0 radical (unpaired) electrons. The Bertz CT molecular complexity index is 539. The van der Waals surface area contributed by atoms with Crippen molar-refractivity contribution in [1.29, 1.82) is 0 Å². The number of nitrogens with two attached hydrogens (primary N) is 1. The van der Waals surface area contributed by atoms with Crippen molar-refractivity contribution in [2.75, 3.05) is 20.1 Å². The molecule has 0 aliphatic heterocycles. The van der Waals surface area contributed by atoms with E-state index in [1.54, 1.807) is 21.0 Å². The molecule has 8 nitrogen and oxygen atoms in total. The van der Waals surface area contributed by atoms with Crippen LogP contribution in [-0.2, 0) is 21.9 Å². The summed E-state index contributed by atoms with van der Waals surface area (Å²) in [4.78, 5) is 16.9. The maximum Gasteiger partial charge on any atom is 0.260 e. The van der Waals surface area contributed by atoms with Crippen LogP contribution < -0.4 is 10.5 Å². The molecule has 1 aromatic heterocycles. The molecule has 1 amide bonds. The van der Waals surface area contributed by atoms with Gasteiger partial charge in [-0.25, -0.2) is 18.1 Å². The third kappa shape index (κ3) is 4.01. The lowest BCUT2D eigenvalue weighted by molar-refractivity contribution is -0.130. The SMILES string of the molecule is CC(CN)N(C)C(=O)CNS(=O)(=O)c1cn(C)cn1. The maximum atomic E-state index is 11.8.